The number of hydrogen-bond donors (Lipinski definition) is 2. The van der Waals surface area contributed by atoms with E-state index in [1.807, 2.05) is 18.2 Å². The summed E-state index contributed by atoms with van der Waals surface area (Å²) < 4.78 is 0. The number of benzene rings is 1. The van der Waals surface area contributed by atoms with Gasteiger partial charge in [-0.15, -0.1) is 0 Å². The quantitative estimate of drug-likeness (QED) is 0.780. The molecular formula is C14H18N2O3. The van der Waals surface area contributed by atoms with Crippen LogP contribution in [-0.4, -0.2) is 42.4 Å². The summed E-state index contributed by atoms with van der Waals surface area (Å²) in [5, 5.41) is 19.3. The SMILES string of the molecule is CN1C(=O)C(O)c2ccc(N3CCC(O)CC3)cc21. The lowest BCUT2D eigenvalue weighted by atomic mass is 10.1. The van der Waals surface area contributed by atoms with E-state index in [0.29, 0.717) is 5.56 Å². The van der Waals surface area contributed by atoms with Gasteiger partial charge < -0.3 is 20.0 Å². The Kier molecular flexibility index (Phi) is 2.95. The molecule has 0 aromatic heterocycles. The molecule has 19 heavy (non-hydrogen) atoms. The van der Waals surface area contributed by atoms with Gasteiger partial charge in [0.2, 0.25) is 0 Å². The maximum Gasteiger partial charge on any atom is 0.260 e. The van der Waals surface area contributed by atoms with Crippen molar-refractivity contribution in [1.82, 2.24) is 0 Å². The maximum atomic E-state index is 11.7. The van der Waals surface area contributed by atoms with E-state index in [4.69, 9.17) is 0 Å². The first-order valence-electron chi connectivity index (χ1n) is 6.60. The van der Waals surface area contributed by atoms with Crippen molar-refractivity contribution < 1.29 is 15.0 Å². The zero-order valence-corrected chi connectivity index (χ0v) is 10.9. The molecular weight excluding hydrogens is 244 g/mol. The van der Waals surface area contributed by atoms with Gasteiger partial charge in [-0.2, -0.15) is 0 Å². The van der Waals surface area contributed by atoms with Crippen LogP contribution in [0.4, 0.5) is 11.4 Å². The fourth-order valence-corrected chi connectivity index (χ4v) is 2.81. The van der Waals surface area contributed by atoms with E-state index >= 15 is 0 Å². The molecule has 3 rings (SSSR count). The largest absolute Gasteiger partial charge is 0.393 e. The molecule has 2 aliphatic heterocycles. The average Bonchev–Trinajstić information content (AvgIpc) is 2.64. The molecule has 5 heteroatoms. The van der Waals surface area contributed by atoms with Crippen LogP contribution in [0.2, 0.25) is 0 Å². The summed E-state index contributed by atoms with van der Waals surface area (Å²) in [4.78, 5) is 15.4. The van der Waals surface area contributed by atoms with Crippen molar-refractivity contribution in [3.05, 3.63) is 23.8 Å². The first-order chi connectivity index (χ1) is 9.08. The van der Waals surface area contributed by atoms with E-state index in [1.54, 1.807) is 7.05 Å². The molecule has 2 heterocycles. The minimum Gasteiger partial charge on any atom is -0.393 e. The number of fused-ring (bicyclic) bond motifs is 1. The fraction of sp³-hybridized carbons (Fsp3) is 0.500. The average molecular weight is 262 g/mol. The fourth-order valence-electron chi connectivity index (χ4n) is 2.81. The van der Waals surface area contributed by atoms with Crippen molar-refractivity contribution in [3.63, 3.8) is 0 Å². The van der Waals surface area contributed by atoms with Gasteiger partial charge in [-0.25, -0.2) is 0 Å². The third-order valence-electron chi connectivity index (χ3n) is 4.06. The van der Waals surface area contributed by atoms with Gasteiger partial charge >= 0.3 is 0 Å². The third kappa shape index (κ3) is 1.99. The van der Waals surface area contributed by atoms with E-state index in [2.05, 4.69) is 4.90 Å². The van der Waals surface area contributed by atoms with E-state index < -0.39 is 6.10 Å². The number of anilines is 2. The Morgan fingerprint density at radius 2 is 1.89 bits per heavy atom. The molecule has 0 bridgehead atoms. The zero-order valence-electron chi connectivity index (χ0n) is 10.9. The first kappa shape index (κ1) is 12.4. The third-order valence-corrected chi connectivity index (χ3v) is 4.06. The molecule has 1 aromatic rings. The second-order valence-corrected chi connectivity index (χ2v) is 5.26. The van der Waals surface area contributed by atoms with Crippen LogP contribution in [0, 0.1) is 0 Å². The molecule has 0 aliphatic carbocycles. The van der Waals surface area contributed by atoms with Gasteiger partial charge in [0.1, 0.15) is 0 Å². The number of aliphatic hydroxyl groups is 2. The van der Waals surface area contributed by atoms with Crippen molar-refractivity contribution in [1.29, 1.82) is 0 Å². The summed E-state index contributed by atoms with van der Waals surface area (Å²) in [5.74, 6) is -0.277. The number of aliphatic hydroxyl groups excluding tert-OH is 2. The topological polar surface area (TPSA) is 64.0 Å². The highest BCUT2D eigenvalue weighted by Crippen LogP contribution is 2.37. The molecule has 0 radical (unpaired) electrons. The Balaban J connectivity index is 1.88. The second kappa shape index (κ2) is 4.51. The predicted molar refractivity (Wildman–Crippen MR) is 72.3 cm³/mol. The molecule has 2 aliphatic rings. The first-order valence-corrected chi connectivity index (χ1v) is 6.60. The summed E-state index contributed by atoms with van der Waals surface area (Å²) >= 11 is 0. The zero-order chi connectivity index (χ0) is 13.6. The highest BCUT2D eigenvalue weighted by atomic mass is 16.3. The number of nitrogens with zero attached hydrogens (tertiary/aromatic N) is 2. The number of amides is 1. The summed E-state index contributed by atoms with van der Waals surface area (Å²) in [6.07, 6.45) is 0.317. The lowest BCUT2D eigenvalue weighted by Gasteiger charge is -2.32. The Labute approximate surface area is 112 Å². The van der Waals surface area contributed by atoms with Crippen LogP contribution in [0.1, 0.15) is 24.5 Å². The highest BCUT2D eigenvalue weighted by molar-refractivity contribution is 6.03. The Hall–Kier alpha value is -1.59. The number of carbonyl (C=O) groups is 1. The van der Waals surface area contributed by atoms with Crippen LogP contribution in [-0.2, 0) is 4.79 Å². The van der Waals surface area contributed by atoms with Gasteiger partial charge in [0.05, 0.1) is 11.8 Å². The monoisotopic (exact) mass is 262 g/mol. The summed E-state index contributed by atoms with van der Waals surface area (Å²) in [5.41, 5.74) is 2.49. The van der Waals surface area contributed by atoms with Crippen molar-refractivity contribution in [2.45, 2.75) is 25.0 Å². The maximum absolute atomic E-state index is 11.7. The molecule has 1 atom stereocenters. The standard InChI is InChI=1S/C14H18N2O3/c1-15-12-8-9(16-6-4-10(17)5-7-16)2-3-11(12)13(18)14(15)19/h2-3,8,10,13,17-18H,4-7H2,1H3. The molecule has 0 spiro atoms. The number of likely N-dealkylation sites (N-methyl/N-ethyl adjacent to an activating group) is 1. The van der Waals surface area contributed by atoms with E-state index in [9.17, 15) is 15.0 Å². The second-order valence-electron chi connectivity index (χ2n) is 5.26. The highest BCUT2D eigenvalue weighted by Gasteiger charge is 2.34. The minimum atomic E-state index is -1.03. The van der Waals surface area contributed by atoms with Gasteiger partial charge in [0.15, 0.2) is 6.10 Å². The summed E-state index contributed by atoms with van der Waals surface area (Å²) in [6, 6.07) is 5.70. The molecule has 1 unspecified atom stereocenters. The van der Waals surface area contributed by atoms with Gasteiger partial charge in [-0.3, -0.25) is 4.79 Å². The molecule has 5 nitrogen and oxygen atoms in total. The number of hydrogen-bond acceptors (Lipinski definition) is 4. The van der Waals surface area contributed by atoms with Crippen molar-refractivity contribution in [3.8, 4) is 0 Å². The Bertz CT molecular complexity index is 509. The Morgan fingerprint density at radius 1 is 1.21 bits per heavy atom. The molecule has 0 saturated carbocycles. The van der Waals surface area contributed by atoms with E-state index in [1.165, 1.54) is 4.90 Å². The van der Waals surface area contributed by atoms with Crippen LogP contribution in [0.15, 0.2) is 18.2 Å². The lowest BCUT2D eigenvalue weighted by Crippen LogP contribution is -2.35. The number of rotatable bonds is 1. The van der Waals surface area contributed by atoms with Crippen LogP contribution >= 0.6 is 0 Å². The number of carbonyl (C=O) groups excluding carboxylic acids is 1. The molecule has 1 amide bonds. The molecule has 102 valence electrons. The van der Waals surface area contributed by atoms with Crippen LogP contribution in [0.5, 0.6) is 0 Å². The van der Waals surface area contributed by atoms with E-state index in [-0.39, 0.29) is 12.0 Å². The van der Waals surface area contributed by atoms with Gasteiger partial charge in [0.25, 0.3) is 5.91 Å². The van der Waals surface area contributed by atoms with Crippen molar-refractivity contribution >= 4 is 17.3 Å². The summed E-state index contributed by atoms with van der Waals surface area (Å²) in [7, 11) is 1.68. The molecule has 2 N–H and O–H groups in total. The van der Waals surface area contributed by atoms with Gasteiger partial charge in [-0.1, -0.05) is 6.07 Å². The van der Waals surface area contributed by atoms with Crippen molar-refractivity contribution in [2.24, 2.45) is 0 Å². The Morgan fingerprint density at radius 3 is 2.58 bits per heavy atom. The lowest BCUT2D eigenvalue weighted by molar-refractivity contribution is -0.125. The molecule has 1 aromatic carbocycles. The van der Waals surface area contributed by atoms with Gasteiger partial charge in [-0.05, 0) is 25.0 Å². The normalized spacial score (nSPS) is 23.9. The van der Waals surface area contributed by atoms with E-state index in [0.717, 1.165) is 37.3 Å². The smallest absolute Gasteiger partial charge is 0.260 e. The van der Waals surface area contributed by atoms with Crippen molar-refractivity contribution in [2.75, 3.05) is 29.9 Å². The molecule has 1 fully saturated rings. The molecule has 1 saturated heterocycles. The van der Waals surface area contributed by atoms with Crippen LogP contribution in [0.25, 0.3) is 0 Å². The van der Waals surface area contributed by atoms with Crippen LogP contribution < -0.4 is 9.80 Å². The summed E-state index contributed by atoms with van der Waals surface area (Å²) in [6.45, 7) is 1.64. The number of piperidine rings is 1. The minimum absolute atomic E-state index is 0.197. The van der Waals surface area contributed by atoms with Gasteiger partial charge in [0, 0.05) is 31.4 Å². The van der Waals surface area contributed by atoms with Crippen LogP contribution in [0.3, 0.4) is 0 Å². The predicted octanol–water partition coefficient (Wildman–Crippen LogP) is 0.657.